The fraction of sp³-hybridized carbons (Fsp3) is 0.773. The van der Waals surface area contributed by atoms with E-state index in [0.717, 1.165) is 5.57 Å². The van der Waals surface area contributed by atoms with Crippen LogP contribution in [0.15, 0.2) is 23.8 Å². The van der Waals surface area contributed by atoms with Gasteiger partial charge in [0.1, 0.15) is 6.10 Å². The molecule has 0 spiro atoms. The lowest BCUT2D eigenvalue weighted by Crippen LogP contribution is -2.65. The molecule has 3 aliphatic rings. The first-order valence-electron chi connectivity index (χ1n) is 10.3. The second-order valence-electron chi connectivity index (χ2n) is 9.29. The van der Waals surface area contributed by atoms with Gasteiger partial charge in [-0.15, -0.1) is 0 Å². The Morgan fingerprint density at radius 1 is 1.39 bits per heavy atom. The molecule has 0 aromatic heterocycles. The smallest absolute Gasteiger partial charge is 0.166 e. The van der Waals surface area contributed by atoms with E-state index in [0.29, 0.717) is 25.7 Å². The van der Waals surface area contributed by atoms with E-state index in [9.17, 15) is 20.1 Å². The van der Waals surface area contributed by atoms with Gasteiger partial charge >= 0.3 is 0 Å². The first-order chi connectivity index (χ1) is 13.1. The summed E-state index contributed by atoms with van der Waals surface area (Å²) in [5, 5.41) is 39.5. The average molecular weight is 396 g/mol. The van der Waals surface area contributed by atoms with Crippen LogP contribution < -0.4 is 0 Å². The van der Waals surface area contributed by atoms with Gasteiger partial charge in [-0.05, 0) is 44.4 Å². The molecule has 5 nitrogen and oxygen atoms in total. The zero-order valence-electron chi connectivity index (χ0n) is 16.9. The van der Waals surface area contributed by atoms with Crippen molar-refractivity contribution in [2.75, 3.05) is 6.61 Å². The lowest BCUT2D eigenvalue weighted by atomic mass is 9.47. The molecule has 0 bridgehead atoms. The van der Waals surface area contributed by atoms with Gasteiger partial charge in [0.15, 0.2) is 11.5 Å². The van der Waals surface area contributed by atoms with Crippen molar-refractivity contribution < 1.29 is 29.6 Å². The number of fused-ring (bicyclic) bond motifs is 3. The number of carbonyl (C=O) groups excluding carboxylic acids is 1. The molecule has 0 radical (unpaired) electrons. The quantitative estimate of drug-likeness (QED) is 0.533. The van der Waals surface area contributed by atoms with Gasteiger partial charge in [0.25, 0.3) is 0 Å². The maximum absolute atomic E-state index is 16.8. The van der Waals surface area contributed by atoms with Crippen LogP contribution in [-0.2, 0) is 4.79 Å². The molecule has 3 rings (SSSR count). The Morgan fingerprint density at radius 3 is 2.71 bits per heavy atom. The lowest BCUT2D eigenvalue weighted by Gasteiger charge is -2.60. The third kappa shape index (κ3) is 3.18. The Bertz CT molecular complexity index is 676. The average Bonchev–Trinajstić information content (AvgIpc) is 2.65. The predicted molar refractivity (Wildman–Crippen MR) is 103 cm³/mol. The lowest BCUT2D eigenvalue weighted by molar-refractivity contribution is -0.176. The monoisotopic (exact) mass is 396 g/mol. The summed E-state index contributed by atoms with van der Waals surface area (Å²) in [4.78, 5) is 12.3. The Morgan fingerprint density at radius 2 is 2.07 bits per heavy atom. The fourth-order valence-electron chi connectivity index (χ4n) is 6.01. The molecular weight excluding hydrogens is 363 g/mol. The highest BCUT2D eigenvalue weighted by atomic mass is 19.1. The Labute approximate surface area is 166 Å². The number of ketones is 1. The van der Waals surface area contributed by atoms with Gasteiger partial charge in [-0.3, -0.25) is 4.79 Å². The van der Waals surface area contributed by atoms with Crippen LogP contribution in [0.2, 0.25) is 0 Å². The van der Waals surface area contributed by atoms with Crippen LogP contribution in [0.25, 0.3) is 0 Å². The standard InChI is InChI=1S/C22H33FO5/c1-12-9-19(27)22(23)17(16(12)8-13(2)20(28)18(26)11-24)5-4-14-10-15(25)6-7-21(14,22)3/h6-7,10,12-13,15-19,24-27H,4-5,8-9,11H2,1-3H3. The van der Waals surface area contributed by atoms with E-state index in [-0.39, 0.29) is 11.8 Å². The van der Waals surface area contributed by atoms with Gasteiger partial charge in [0, 0.05) is 17.3 Å². The van der Waals surface area contributed by atoms with Gasteiger partial charge in [-0.25, -0.2) is 4.39 Å². The van der Waals surface area contributed by atoms with Crippen LogP contribution in [0.5, 0.6) is 0 Å². The summed E-state index contributed by atoms with van der Waals surface area (Å²) < 4.78 is 16.8. The molecule has 2 fully saturated rings. The van der Waals surface area contributed by atoms with E-state index in [2.05, 4.69) is 0 Å². The van der Waals surface area contributed by atoms with Crippen molar-refractivity contribution in [1.29, 1.82) is 0 Å². The highest BCUT2D eigenvalue weighted by Gasteiger charge is 2.65. The maximum Gasteiger partial charge on any atom is 0.166 e. The second-order valence-corrected chi connectivity index (χ2v) is 9.29. The van der Waals surface area contributed by atoms with E-state index in [1.54, 1.807) is 32.1 Å². The van der Waals surface area contributed by atoms with Crippen molar-refractivity contribution in [2.45, 2.75) is 70.4 Å². The highest BCUT2D eigenvalue weighted by molar-refractivity contribution is 5.84. The minimum atomic E-state index is -1.87. The van der Waals surface area contributed by atoms with Gasteiger partial charge in [-0.2, -0.15) is 0 Å². The molecule has 2 saturated carbocycles. The van der Waals surface area contributed by atoms with Crippen LogP contribution in [0, 0.1) is 29.1 Å². The fourth-order valence-corrected chi connectivity index (χ4v) is 6.01. The number of halogens is 1. The number of hydrogen-bond acceptors (Lipinski definition) is 5. The Balaban J connectivity index is 1.92. The molecule has 6 heteroatoms. The van der Waals surface area contributed by atoms with Crippen molar-refractivity contribution in [3.05, 3.63) is 23.8 Å². The van der Waals surface area contributed by atoms with Crippen molar-refractivity contribution in [3.63, 3.8) is 0 Å². The zero-order chi connectivity index (χ0) is 20.9. The van der Waals surface area contributed by atoms with Gasteiger partial charge in [0.05, 0.1) is 18.8 Å². The third-order valence-corrected chi connectivity index (χ3v) is 7.67. The van der Waals surface area contributed by atoms with E-state index in [4.69, 9.17) is 5.11 Å². The van der Waals surface area contributed by atoms with Crippen molar-refractivity contribution in [3.8, 4) is 0 Å². The predicted octanol–water partition coefficient (Wildman–Crippen LogP) is 1.93. The second kappa shape index (κ2) is 7.63. The molecule has 0 heterocycles. The van der Waals surface area contributed by atoms with Crippen molar-refractivity contribution >= 4 is 5.78 Å². The number of carbonyl (C=O) groups is 1. The Hall–Kier alpha value is -1.08. The highest BCUT2D eigenvalue weighted by Crippen LogP contribution is 2.63. The molecule has 3 aliphatic carbocycles. The van der Waals surface area contributed by atoms with Crippen LogP contribution in [-0.4, -0.2) is 56.8 Å². The van der Waals surface area contributed by atoms with Crippen LogP contribution in [0.4, 0.5) is 4.39 Å². The van der Waals surface area contributed by atoms with E-state index in [1.807, 2.05) is 6.92 Å². The van der Waals surface area contributed by atoms with E-state index < -0.39 is 53.6 Å². The first-order valence-corrected chi connectivity index (χ1v) is 10.3. The summed E-state index contributed by atoms with van der Waals surface area (Å²) in [6.07, 6.45) is 3.65. The summed E-state index contributed by atoms with van der Waals surface area (Å²) in [5.41, 5.74) is -2.03. The minimum Gasteiger partial charge on any atom is -0.393 e. The number of aliphatic hydroxyl groups is 4. The van der Waals surface area contributed by atoms with Crippen LogP contribution >= 0.6 is 0 Å². The van der Waals surface area contributed by atoms with Gasteiger partial charge in [0.2, 0.25) is 0 Å². The minimum absolute atomic E-state index is 0.0395. The van der Waals surface area contributed by atoms with Crippen molar-refractivity contribution in [1.82, 2.24) is 0 Å². The number of allylic oxidation sites excluding steroid dienone is 2. The number of Topliss-reactive ketones (excluding diaryl/α,β-unsaturated/α-hetero) is 1. The third-order valence-electron chi connectivity index (χ3n) is 7.67. The van der Waals surface area contributed by atoms with Crippen LogP contribution in [0.3, 0.4) is 0 Å². The Kier molecular flexibility index (Phi) is 5.90. The molecule has 9 atom stereocenters. The number of alkyl halides is 1. The molecule has 9 unspecified atom stereocenters. The molecule has 28 heavy (non-hydrogen) atoms. The molecule has 0 aliphatic heterocycles. The van der Waals surface area contributed by atoms with E-state index in [1.165, 1.54) is 0 Å². The van der Waals surface area contributed by atoms with E-state index >= 15 is 4.39 Å². The summed E-state index contributed by atoms with van der Waals surface area (Å²) in [6.45, 7) is 4.89. The number of aliphatic hydroxyl groups excluding tert-OH is 4. The van der Waals surface area contributed by atoms with Crippen LogP contribution in [0.1, 0.15) is 46.5 Å². The molecule has 0 aromatic rings. The molecule has 0 aromatic carbocycles. The maximum atomic E-state index is 16.8. The molecular formula is C22H33FO5. The molecule has 4 N–H and O–H groups in total. The van der Waals surface area contributed by atoms with Gasteiger partial charge < -0.3 is 20.4 Å². The summed E-state index contributed by atoms with van der Waals surface area (Å²) in [7, 11) is 0. The molecule has 158 valence electrons. The molecule has 0 amide bonds. The SMILES string of the molecule is CC(CC1C(C)CC(O)C2(F)C1CCC1=CC(O)C=CC12C)C(=O)C(O)CO. The summed E-state index contributed by atoms with van der Waals surface area (Å²) in [6, 6.07) is 0. The molecule has 0 saturated heterocycles. The van der Waals surface area contributed by atoms with Gasteiger partial charge in [-0.1, -0.05) is 37.6 Å². The summed E-state index contributed by atoms with van der Waals surface area (Å²) in [5.74, 6) is -1.42. The number of hydrogen-bond donors (Lipinski definition) is 4. The normalized spacial score (nSPS) is 44.9. The largest absolute Gasteiger partial charge is 0.393 e. The summed E-state index contributed by atoms with van der Waals surface area (Å²) >= 11 is 0. The number of rotatable bonds is 5. The van der Waals surface area contributed by atoms with Crippen molar-refractivity contribution in [2.24, 2.45) is 29.1 Å². The topological polar surface area (TPSA) is 98.0 Å². The first kappa shape index (κ1) is 21.6. The zero-order valence-corrected chi connectivity index (χ0v) is 16.9.